The van der Waals surface area contributed by atoms with Crippen LogP contribution in [0, 0.1) is 19.3 Å². The third kappa shape index (κ3) is 4.80. The van der Waals surface area contributed by atoms with E-state index in [1.165, 1.54) is 24.4 Å². The lowest BCUT2D eigenvalue weighted by atomic mass is 9.86. The lowest BCUT2D eigenvalue weighted by molar-refractivity contribution is -0.116. The van der Waals surface area contributed by atoms with Gasteiger partial charge in [0.05, 0.1) is 12.7 Å². The van der Waals surface area contributed by atoms with Gasteiger partial charge in [-0.3, -0.25) is 9.59 Å². The number of benzene rings is 2. The van der Waals surface area contributed by atoms with Crippen LogP contribution in [-0.4, -0.2) is 29.2 Å². The highest BCUT2D eigenvalue weighted by atomic mass is 32.2. The number of ether oxygens (including phenoxy) is 2. The molecule has 1 unspecified atom stereocenters. The van der Waals surface area contributed by atoms with E-state index in [0.717, 1.165) is 11.1 Å². The maximum Gasteiger partial charge on any atom is 0.279 e. The van der Waals surface area contributed by atoms with Crippen LogP contribution in [0.15, 0.2) is 52.4 Å². The number of terminal acetylenes is 1. The fourth-order valence-electron chi connectivity index (χ4n) is 3.92. The van der Waals surface area contributed by atoms with E-state index in [1.54, 1.807) is 16.7 Å². The molecule has 2 heterocycles. The van der Waals surface area contributed by atoms with E-state index >= 15 is 0 Å². The number of carbonyl (C=O) groups excluding carboxylic acids is 1. The SMILES string of the molecule is C#CCOc1ccc(C2CC(=O)Nc3c2c(=O)nc(SCc2ccc(C)cc2)n3C)cc1OC. The molecule has 34 heavy (non-hydrogen) atoms. The Morgan fingerprint density at radius 1 is 1.21 bits per heavy atom. The van der Waals surface area contributed by atoms with Gasteiger partial charge in [-0.1, -0.05) is 53.6 Å². The molecule has 0 aliphatic carbocycles. The summed E-state index contributed by atoms with van der Waals surface area (Å²) in [4.78, 5) is 30.2. The molecule has 1 aromatic heterocycles. The van der Waals surface area contributed by atoms with Crippen LogP contribution >= 0.6 is 11.8 Å². The standard InChI is InChI=1S/C26H25N3O4S/c1-5-12-33-20-11-10-18(13-21(20)32-4)19-14-22(30)27-24-23(19)25(31)28-26(29(24)3)34-15-17-8-6-16(2)7-9-17/h1,6-11,13,19H,12,14-15H2,2-4H3,(H,27,30). The third-order valence-electron chi connectivity index (χ3n) is 5.69. The third-order valence-corrected chi connectivity index (χ3v) is 6.79. The molecule has 2 aromatic carbocycles. The zero-order valence-electron chi connectivity index (χ0n) is 19.3. The van der Waals surface area contributed by atoms with Gasteiger partial charge < -0.3 is 19.4 Å². The summed E-state index contributed by atoms with van der Waals surface area (Å²) in [6.07, 6.45) is 5.41. The number of anilines is 1. The number of nitrogens with zero attached hydrogens (tertiary/aromatic N) is 2. The zero-order chi connectivity index (χ0) is 24.2. The largest absolute Gasteiger partial charge is 0.493 e. The van der Waals surface area contributed by atoms with E-state index < -0.39 is 5.92 Å². The minimum atomic E-state index is -0.457. The molecule has 0 bridgehead atoms. The Bertz CT molecular complexity index is 1330. The molecule has 1 aliphatic heterocycles. The average molecular weight is 476 g/mol. The van der Waals surface area contributed by atoms with Crippen LogP contribution in [0.1, 0.15) is 34.6 Å². The van der Waals surface area contributed by atoms with E-state index in [1.807, 2.05) is 20.0 Å². The summed E-state index contributed by atoms with van der Waals surface area (Å²) >= 11 is 1.45. The van der Waals surface area contributed by atoms with E-state index in [2.05, 4.69) is 40.5 Å². The number of fused-ring (bicyclic) bond motifs is 1. The Balaban J connectivity index is 1.69. The fourth-order valence-corrected chi connectivity index (χ4v) is 4.84. The van der Waals surface area contributed by atoms with Crippen LogP contribution in [0.3, 0.4) is 0 Å². The number of hydrogen-bond donors (Lipinski definition) is 1. The molecule has 0 fully saturated rings. The lowest BCUT2D eigenvalue weighted by Gasteiger charge is -2.28. The van der Waals surface area contributed by atoms with Crippen molar-refractivity contribution in [2.75, 3.05) is 19.0 Å². The molecule has 1 N–H and O–H groups in total. The van der Waals surface area contributed by atoms with E-state index in [0.29, 0.717) is 33.8 Å². The summed E-state index contributed by atoms with van der Waals surface area (Å²) < 4.78 is 12.7. The number of methoxy groups -OCH3 is 1. The van der Waals surface area contributed by atoms with Crippen molar-refractivity contribution in [3.05, 3.63) is 75.1 Å². The van der Waals surface area contributed by atoms with Gasteiger partial charge in [-0.15, -0.1) is 6.42 Å². The highest BCUT2D eigenvalue weighted by Crippen LogP contribution is 2.39. The highest BCUT2D eigenvalue weighted by molar-refractivity contribution is 7.98. The van der Waals surface area contributed by atoms with Crippen molar-refractivity contribution >= 4 is 23.5 Å². The predicted octanol–water partition coefficient (Wildman–Crippen LogP) is 3.88. The quantitative estimate of drug-likeness (QED) is 0.317. The van der Waals surface area contributed by atoms with Gasteiger partial charge in [0.15, 0.2) is 16.7 Å². The van der Waals surface area contributed by atoms with Crippen molar-refractivity contribution in [2.45, 2.75) is 30.2 Å². The van der Waals surface area contributed by atoms with Crippen LogP contribution in [0.25, 0.3) is 0 Å². The molecule has 1 aliphatic rings. The van der Waals surface area contributed by atoms with Crippen LogP contribution in [0.4, 0.5) is 5.82 Å². The number of amides is 1. The first kappa shape index (κ1) is 23.5. The van der Waals surface area contributed by atoms with Gasteiger partial charge in [0.1, 0.15) is 12.4 Å². The van der Waals surface area contributed by atoms with Crippen molar-refractivity contribution in [2.24, 2.45) is 7.05 Å². The van der Waals surface area contributed by atoms with Gasteiger partial charge in [-0.25, -0.2) is 0 Å². The second-order valence-corrected chi connectivity index (χ2v) is 8.95. The van der Waals surface area contributed by atoms with Crippen LogP contribution < -0.4 is 20.3 Å². The number of nitrogens with one attached hydrogen (secondary N) is 1. The van der Waals surface area contributed by atoms with Gasteiger partial charge in [0, 0.05) is 25.1 Å². The number of aryl methyl sites for hydroxylation is 1. The first-order valence-electron chi connectivity index (χ1n) is 10.7. The molecule has 1 atom stereocenters. The van der Waals surface area contributed by atoms with Crippen LogP contribution in [0.5, 0.6) is 11.5 Å². The Morgan fingerprint density at radius 3 is 2.68 bits per heavy atom. The van der Waals surface area contributed by atoms with Crippen LogP contribution in [0.2, 0.25) is 0 Å². The highest BCUT2D eigenvalue weighted by Gasteiger charge is 2.32. The summed E-state index contributed by atoms with van der Waals surface area (Å²) in [6, 6.07) is 13.6. The maximum absolute atomic E-state index is 13.2. The van der Waals surface area contributed by atoms with Crippen molar-refractivity contribution in [1.29, 1.82) is 0 Å². The molecule has 0 spiro atoms. The molecule has 0 saturated heterocycles. The second-order valence-electron chi connectivity index (χ2n) is 8.00. The van der Waals surface area contributed by atoms with Gasteiger partial charge in [0.25, 0.3) is 5.56 Å². The van der Waals surface area contributed by atoms with Gasteiger partial charge in [-0.05, 0) is 30.2 Å². The summed E-state index contributed by atoms with van der Waals surface area (Å²) in [7, 11) is 3.34. The minimum Gasteiger partial charge on any atom is -0.493 e. The minimum absolute atomic E-state index is 0.109. The number of thioether (sulfide) groups is 1. The summed E-state index contributed by atoms with van der Waals surface area (Å²) in [5.74, 6) is 3.91. The molecular weight excluding hydrogens is 450 g/mol. The Hall–Kier alpha value is -3.70. The molecule has 7 nitrogen and oxygen atoms in total. The topological polar surface area (TPSA) is 82.5 Å². The van der Waals surface area contributed by atoms with Gasteiger partial charge >= 0.3 is 0 Å². The first-order chi connectivity index (χ1) is 16.4. The molecule has 3 aromatic rings. The Kier molecular flexibility index (Phi) is 6.94. The first-order valence-corrected chi connectivity index (χ1v) is 11.7. The van der Waals surface area contributed by atoms with E-state index in [4.69, 9.17) is 15.9 Å². The molecule has 8 heteroatoms. The van der Waals surface area contributed by atoms with Crippen molar-refractivity contribution in [3.63, 3.8) is 0 Å². The molecule has 0 radical (unpaired) electrons. The number of hydrogen-bond acceptors (Lipinski definition) is 6. The molecule has 174 valence electrons. The number of aromatic nitrogens is 2. The molecule has 1 amide bonds. The fraction of sp³-hybridized carbons (Fsp3) is 0.269. The predicted molar refractivity (Wildman–Crippen MR) is 133 cm³/mol. The van der Waals surface area contributed by atoms with E-state index in [9.17, 15) is 9.59 Å². The van der Waals surface area contributed by atoms with Crippen LogP contribution in [-0.2, 0) is 17.6 Å². The Morgan fingerprint density at radius 2 is 1.97 bits per heavy atom. The maximum atomic E-state index is 13.2. The lowest BCUT2D eigenvalue weighted by Crippen LogP contribution is -2.33. The summed E-state index contributed by atoms with van der Waals surface area (Å²) in [6.45, 7) is 2.15. The zero-order valence-corrected chi connectivity index (χ0v) is 20.1. The molecule has 0 saturated carbocycles. The van der Waals surface area contributed by atoms with Gasteiger partial charge in [-0.2, -0.15) is 4.98 Å². The Labute approximate surface area is 202 Å². The molecular formula is C26H25N3O4S. The van der Waals surface area contributed by atoms with Gasteiger partial charge in [0.2, 0.25) is 5.91 Å². The van der Waals surface area contributed by atoms with Crippen molar-refractivity contribution < 1.29 is 14.3 Å². The van der Waals surface area contributed by atoms with E-state index in [-0.39, 0.29) is 24.5 Å². The van der Waals surface area contributed by atoms with Crippen molar-refractivity contribution in [1.82, 2.24) is 9.55 Å². The monoisotopic (exact) mass is 475 g/mol. The average Bonchev–Trinajstić information content (AvgIpc) is 2.84. The number of carbonyl (C=O) groups is 1. The second kappa shape index (κ2) is 10.1. The molecule has 4 rings (SSSR count). The smallest absolute Gasteiger partial charge is 0.279 e. The summed E-state index contributed by atoms with van der Waals surface area (Å²) in [5.41, 5.74) is 3.19. The summed E-state index contributed by atoms with van der Waals surface area (Å²) in [5, 5.41) is 3.42. The number of rotatable bonds is 7. The van der Waals surface area contributed by atoms with Crippen molar-refractivity contribution in [3.8, 4) is 23.8 Å². The normalized spacial score (nSPS) is 14.6.